The highest BCUT2D eigenvalue weighted by Gasteiger charge is 2.22. The number of H-pyrrole nitrogens is 2. The highest BCUT2D eigenvalue weighted by Crippen LogP contribution is 2.17. The van der Waals surface area contributed by atoms with Crippen molar-refractivity contribution >= 4 is 22.6 Å². The summed E-state index contributed by atoms with van der Waals surface area (Å²) < 4.78 is 0. The van der Waals surface area contributed by atoms with Crippen molar-refractivity contribution in [2.45, 2.75) is 38.6 Å². The van der Waals surface area contributed by atoms with Crippen molar-refractivity contribution in [3.8, 4) is 0 Å². The van der Waals surface area contributed by atoms with Gasteiger partial charge < -0.3 is 15.3 Å². The summed E-state index contributed by atoms with van der Waals surface area (Å²) in [7, 11) is 0. The lowest BCUT2D eigenvalue weighted by molar-refractivity contribution is -0.120. The van der Waals surface area contributed by atoms with Crippen LogP contribution in [-0.4, -0.2) is 39.9 Å². The molecular weight excluding hydrogens is 280 g/mol. The number of hydrogen-bond acceptors (Lipinski definition) is 3. The Labute approximate surface area is 128 Å². The number of benzene rings is 1. The van der Waals surface area contributed by atoms with Crippen molar-refractivity contribution in [1.29, 1.82) is 0 Å². The maximum absolute atomic E-state index is 12.4. The number of anilines is 1. The van der Waals surface area contributed by atoms with E-state index in [1.807, 2.05) is 6.92 Å². The molecule has 22 heavy (non-hydrogen) atoms. The fourth-order valence-electron chi connectivity index (χ4n) is 3.01. The van der Waals surface area contributed by atoms with Crippen LogP contribution in [-0.2, 0) is 4.79 Å². The zero-order chi connectivity index (χ0) is 15.5. The molecule has 2 aromatic rings. The first-order valence-electron chi connectivity index (χ1n) is 7.90. The summed E-state index contributed by atoms with van der Waals surface area (Å²) in [5, 5.41) is 2.94. The highest BCUT2D eigenvalue weighted by molar-refractivity contribution is 5.96. The number of imidazole rings is 1. The van der Waals surface area contributed by atoms with E-state index in [0.717, 1.165) is 31.4 Å². The standard InChI is InChI=1S/C16H22N4O2/c1-11(20-8-4-2-3-5-9-20)15(21)17-12-6-7-13-14(10-12)19-16(22)18-13/h6-7,10-11H,2-5,8-9H2,1H3,(H,17,21)(H2,18,19,22). The third-order valence-corrected chi connectivity index (χ3v) is 4.35. The second kappa shape index (κ2) is 6.36. The van der Waals surface area contributed by atoms with Gasteiger partial charge in [0.1, 0.15) is 0 Å². The van der Waals surface area contributed by atoms with Crippen molar-refractivity contribution in [1.82, 2.24) is 14.9 Å². The zero-order valence-electron chi connectivity index (χ0n) is 12.8. The van der Waals surface area contributed by atoms with Crippen LogP contribution >= 0.6 is 0 Å². The molecule has 3 N–H and O–H groups in total. The fourth-order valence-corrected chi connectivity index (χ4v) is 3.01. The summed E-state index contributed by atoms with van der Waals surface area (Å²) in [6.07, 6.45) is 4.83. The van der Waals surface area contributed by atoms with E-state index in [-0.39, 0.29) is 17.6 Å². The van der Waals surface area contributed by atoms with Gasteiger partial charge >= 0.3 is 5.69 Å². The van der Waals surface area contributed by atoms with Gasteiger partial charge in [-0.15, -0.1) is 0 Å². The Kier molecular flexibility index (Phi) is 4.29. The number of fused-ring (bicyclic) bond motifs is 1. The summed E-state index contributed by atoms with van der Waals surface area (Å²) in [6, 6.07) is 5.23. The van der Waals surface area contributed by atoms with Gasteiger partial charge in [-0.05, 0) is 51.1 Å². The van der Waals surface area contributed by atoms with E-state index >= 15 is 0 Å². The van der Waals surface area contributed by atoms with Crippen LogP contribution in [0.5, 0.6) is 0 Å². The van der Waals surface area contributed by atoms with Crippen LogP contribution in [0.25, 0.3) is 11.0 Å². The van der Waals surface area contributed by atoms with Gasteiger partial charge in [0.05, 0.1) is 17.1 Å². The SMILES string of the molecule is CC(C(=O)Nc1ccc2[nH]c(=O)[nH]c2c1)N1CCCCCC1. The number of nitrogens with one attached hydrogen (secondary N) is 3. The minimum absolute atomic E-state index is 0.000803. The lowest BCUT2D eigenvalue weighted by atomic mass is 10.2. The Hall–Kier alpha value is -2.08. The van der Waals surface area contributed by atoms with Crippen molar-refractivity contribution < 1.29 is 4.79 Å². The quantitative estimate of drug-likeness (QED) is 0.812. The van der Waals surface area contributed by atoms with Crippen LogP contribution in [0.4, 0.5) is 5.69 Å². The van der Waals surface area contributed by atoms with E-state index in [1.54, 1.807) is 18.2 Å². The first kappa shape index (κ1) is 14.8. The molecule has 3 rings (SSSR count). The molecule has 6 nitrogen and oxygen atoms in total. The molecule has 1 amide bonds. The number of rotatable bonds is 3. The smallest absolute Gasteiger partial charge is 0.323 e. The molecule has 0 bridgehead atoms. The Morgan fingerprint density at radius 1 is 1.14 bits per heavy atom. The number of aromatic nitrogens is 2. The van der Waals surface area contributed by atoms with E-state index in [4.69, 9.17) is 0 Å². The molecule has 0 aliphatic carbocycles. The van der Waals surface area contributed by atoms with E-state index in [1.165, 1.54) is 12.8 Å². The molecule has 1 saturated heterocycles. The molecule has 0 saturated carbocycles. The zero-order valence-corrected chi connectivity index (χ0v) is 12.8. The molecule has 1 aliphatic rings. The minimum atomic E-state index is -0.239. The molecule has 1 atom stereocenters. The normalized spacial score (nSPS) is 18.0. The van der Waals surface area contributed by atoms with Crippen LogP contribution in [0.3, 0.4) is 0 Å². The van der Waals surface area contributed by atoms with E-state index in [0.29, 0.717) is 11.2 Å². The first-order valence-corrected chi connectivity index (χ1v) is 7.90. The summed E-state index contributed by atoms with van der Waals surface area (Å²) in [4.78, 5) is 31.3. The average Bonchev–Trinajstić information content (AvgIpc) is 2.71. The third-order valence-electron chi connectivity index (χ3n) is 4.35. The maximum atomic E-state index is 12.4. The number of hydrogen-bond donors (Lipinski definition) is 3. The Morgan fingerprint density at radius 3 is 2.55 bits per heavy atom. The van der Waals surface area contributed by atoms with Gasteiger partial charge in [0.15, 0.2) is 0 Å². The number of carbonyl (C=O) groups is 1. The second-order valence-corrected chi connectivity index (χ2v) is 5.95. The summed E-state index contributed by atoms with van der Waals surface area (Å²) in [5.41, 5.74) is 1.90. The van der Waals surface area contributed by atoms with Crippen LogP contribution in [0.1, 0.15) is 32.6 Å². The molecule has 118 valence electrons. The summed E-state index contributed by atoms with van der Waals surface area (Å²) >= 11 is 0. The number of aromatic amines is 2. The van der Waals surface area contributed by atoms with Crippen LogP contribution in [0.2, 0.25) is 0 Å². The Morgan fingerprint density at radius 2 is 1.82 bits per heavy atom. The predicted octanol–water partition coefficient (Wildman–Crippen LogP) is 2.06. The Balaban J connectivity index is 1.69. The molecule has 1 fully saturated rings. The molecule has 1 aliphatic heterocycles. The average molecular weight is 302 g/mol. The van der Waals surface area contributed by atoms with Gasteiger partial charge in [-0.2, -0.15) is 0 Å². The topological polar surface area (TPSA) is 81.0 Å². The van der Waals surface area contributed by atoms with Crippen molar-refractivity contribution in [2.75, 3.05) is 18.4 Å². The highest BCUT2D eigenvalue weighted by atomic mass is 16.2. The number of amides is 1. The monoisotopic (exact) mass is 302 g/mol. The second-order valence-electron chi connectivity index (χ2n) is 5.95. The van der Waals surface area contributed by atoms with Crippen molar-refractivity contribution in [3.63, 3.8) is 0 Å². The van der Waals surface area contributed by atoms with Gasteiger partial charge in [0, 0.05) is 5.69 Å². The lowest BCUT2D eigenvalue weighted by Gasteiger charge is -2.26. The molecule has 1 aromatic carbocycles. The predicted molar refractivity (Wildman–Crippen MR) is 87.1 cm³/mol. The molecule has 6 heteroatoms. The van der Waals surface area contributed by atoms with E-state index < -0.39 is 0 Å². The van der Waals surface area contributed by atoms with Gasteiger partial charge in [-0.3, -0.25) is 9.69 Å². The van der Waals surface area contributed by atoms with Crippen LogP contribution in [0.15, 0.2) is 23.0 Å². The summed E-state index contributed by atoms with van der Waals surface area (Å²) in [5.74, 6) is -0.000803. The van der Waals surface area contributed by atoms with Crippen LogP contribution < -0.4 is 11.0 Å². The van der Waals surface area contributed by atoms with E-state index in [2.05, 4.69) is 20.2 Å². The molecular formula is C16H22N4O2. The maximum Gasteiger partial charge on any atom is 0.323 e. The Bertz CT molecular complexity index is 710. The molecule has 2 heterocycles. The van der Waals surface area contributed by atoms with Crippen LogP contribution in [0, 0.1) is 0 Å². The minimum Gasteiger partial charge on any atom is -0.325 e. The van der Waals surface area contributed by atoms with Gasteiger partial charge in [-0.25, -0.2) is 4.79 Å². The first-order chi connectivity index (χ1) is 10.6. The van der Waals surface area contributed by atoms with E-state index in [9.17, 15) is 9.59 Å². The third kappa shape index (κ3) is 3.22. The molecule has 0 radical (unpaired) electrons. The van der Waals surface area contributed by atoms with Crippen molar-refractivity contribution in [2.24, 2.45) is 0 Å². The van der Waals surface area contributed by atoms with Gasteiger partial charge in [0.2, 0.25) is 5.91 Å². The van der Waals surface area contributed by atoms with Gasteiger partial charge in [0.25, 0.3) is 0 Å². The van der Waals surface area contributed by atoms with Crippen molar-refractivity contribution in [3.05, 3.63) is 28.7 Å². The van der Waals surface area contributed by atoms with Gasteiger partial charge in [-0.1, -0.05) is 12.8 Å². The number of carbonyl (C=O) groups excluding carboxylic acids is 1. The largest absolute Gasteiger partial charge is 0.325 e. The molecule has 0 spiro atoms. The lowest BCUT2D eigenvalue weighted by Crippen LogP contribution is -2.42. The molecule has 1 unspecified atom stereocenters. The number of nitrogens with zero attached hydrogens (tertiary/aromatic N) is 1. The number of likely N-dealkylation sites (tertiary alicyclic amines) is 1. The molecule has 1 aromatic heterocycles. The summed E-state index contributed by atoms with van der Waals surface area (Å²) in [6.45, 7) is 3.93. The fraction of sp³-hybridized carbons (Fsp3) is 0.500.